The molecule has 0 saturated heterocycles. The predicted octanol–water partition coefficient (Wildman–Crippen LogP) is 8.38. The van der Waals surface area contributed by atoms with Crippen molar-refractivity contribution in [2.45, 2.75) is 174 Å². The van der Waals surface area contributed by atoms with Crippen LogP contribution in [-0.4, -0.2) is 82.3 Å². The first-order valence-electron chi connectivity index (χ1n) is 20.0. The van der Waals surface area contributed by atoms with E-state index >= 15 is 0 Å². The Morgan fingerprint density at radius 3 is 1.64 bits per heavy atom. The molecule has 0 saturated carbocycles. The Kier molecular flexibility index (Phi) is 32.4. The Hall–Kier alpha value is -2.23. The molecule has 2 unspecified atom stereocenters. The lowest BCUT2D eigenvalue weighted by Gasteiger charge is -2.26. The van der Waals surface area contributed by atoms with Gasteiger partial charge >= 0.3 is 11.9 Å². The van der Waals surface area contributed by atoms with E-state index in [0.717, 1.165) is 64.2 Å². The first kappa shape index (κ1) is 47.8. The molecular formula is C41H75NO8. The highest BCUT2D eigenvalue weighted by atomic mass is 16.7. The Morgan fingerprint density at radius 1 is 0.600 bits per heavy atom. The Morgan fingerprint density at radius 2 is 1.10 bits per heavy atom. The maximum atomic E-state index is 12.7. The summed E-state index contributed by atoms with van der Waals surface area (Å²) in [6.45, 7) is 4.66. The fourth-order valence-corrected chi connectivity index (χ4v) is 5.26. The molecule has 0 aliphatic heterocycles. The van der Waals surface area contributed by atoms with Crippen molar-refractivity contribution in [3.05, 3.63) is 24.3 Å². The fraction of sp³-hybridized carbons (Fsp3) is 0.829. The van der Waals surface area contributed by atoms with E-state index in [2.05, 4.69) is 38.2 Å². The number of likely N-dealkylation sites (N-methyl/N-ethyl adjacent to an activating group) is 1. The lowest BCUT2D eigenvalue weighted by Crippen LogP contribution is -2.44. The molecule has 0 amide bonds. The highest BCUT2D eigenvalue weighted by Gasteiger charge is 2.21. The van der Waals surface area contributed by atoms with Crippen LogP contribution in [0, 0.1) is 0 Å². The molecule has 0 bridgehead atoms. The SMILES string of the molecule is CCCC/C=C\C/C=C\CCCCCCCC(=O)OC(COC(=O)CCCCCCCCCCCCC)COC(OCC[N+](C)(C)C)C(=O)[O-]. The number of quaternary nitrogens is 1. The Bertz CT molecular complexity index is 882. The predicted molar refractivity (Wildman–Crippen MR) is 200 cm³/mol. The van der Waals surface area contributed by atoms with Crippen LogP contribution >= 0.6 is 0 Å². The Labute approximate surface area is 306 Å². The van der Waals surface area contributed by atoms with Crippen LogP contribution in [0.1, 0.15) is 162 Å². The van der Waals surface area contributed by atoms with E-state index in [4.69, 9.17) is 18.9 Å². The van der Waals surface area contributed by atoms with Crippen molar-refractivity contribution in [1.29, 1.82) is 0 Å². The summed E-state index contributed by atoms with van der Waals surface area (Å²) >= 11 is 0. The molecule has 0 N–H and O–H groups in total. The molecule has 2 atom stereocenters. The third-order valence-corrected chi connectivity index (χ3v) is 8.45. The van der Waals surface area contributed by atoms with Gasteiger partial charge in [-0.25, -0.2) is 0 Å². The summed E-state index contributed by atoms with van der Waals surface area (Å²) in [6, 6.07) is 0. The number of nitrogens with zero attached hydrogens (tertiary/aromatic N) is 1. The average Bonchev–Trinajstić information content (AvgIpc) is 3.06. The van der Waals surface area contributed by atoms with Gasteiger partial charge in [0, 0.05) is 12.8 Å². The molecule has 9 heteroatoms. The second kappa shape index (κ2) is 33.9. The molecule has 0 aliphatic carbocycles. The zero-order valence-electron chi connectivity index (χ0n) is 32.8. The maximum Gasteiger partial charge on any atom is 0.306 e. The molecule has 0 spiro atoms. The summed E-state index contributed by atoms with van der Waals surface area (Å²) in [7, 11) is 5.89. The van der Waals surface area contributed by atoms with Crippen molar-refractivity contribution < 1.29 is 42.9 Å². The van der Waals surface area contributed by atoms with E-state index in [1.54, 1.807) is 0 Å². The number of aliphatic carboxylic acids is 1. The number of ether oxygens (including phenoxy) is 4. The molecule has 0 aromatic heterocycles. The van der Waals surface area contributed by atoms with E-state index in [-0.39, 0.29) is 32.2 Å². The van der Waals surface area contributed by atoms with Gasteiger partial charge in [-0.05, 0) is 38.5 Å². The lowest BCUT2D eigenvalue weighted by molar-refractivity contribution is -0.870. The van der Waals surface area contributed by atoms with Gasteiger partial charge in [-0.2, -0.15) is 0 Å². The number of allylic oxidation sites excluding steroid dienone is 4. The van der Waals surface area contributed by atoms with Crippen LogP contribution < -0.4 is 5.11 Å². The molecule has 292 valence electrons. The summed E-state index contributed by atoms with van der Waals surface area (Å²) < 4.78 is 22.4. The first-order chi connectivity index (χ1) is 24.1. The van der Waals surface area contributed by atoms with Gasteiger partial charge in [0.25, 0.3) is 0 Å². The standard InChI is InChI=1S/C41H75NO8/c1-6-8-10-12-14-16-18-19-20-22-24-26-28-30-32-39(44)50-37(36-49-41(40(45)46)47-34-33-42(3,4)5)35-48-38(43)31-29-27-25-23-21-17-15-13-11-9-7-2/h12,14,18-19,37,41H,6-11,13,15-17,20-36H2,1-5H3/b14-12-,19-18-. The van der Waals surface area contributed by atoms with Crippen molar-refractivity contribution in [3.63, 3.8) is 0 Å². The summed E-state index contributed by atoms with van der Waals surface area (Å²) in [6.07, 6.45) is 30.6. The summed E-state index contributed by atoms with van der Waals surface area (Å²) in [5, 5.41) is 11.6. The van der Waals surface area contributed by atoms with E-state index < -0.39 is 24.3 Å². The minimum absolute atomic E-state index is 0.146. The summed E-state index contributed by atoms with van der Waals surface area (Å²) in [4.78, 5) is 36.8. The number of carboxylic acid groups (broad SMARTS) is 1. The normalized spacial score (nSPS) is 13.2. The third kappa shape index (κ3) is 34.2. The second-order valence-corrected chi connectivity index (χ2v) is 14.6. The fourth-order valence-electron chi connectivity index (χ4n) is 5.26. The zero-order chi connectivity index (χ0) is 37.1. The zero-order valence-corrected chi connectivity index (χ0v) is 32.8. The van der Waals surface area contributed by atoms with Crippen LogP contribution in [0.5, 0.6) is 0 Å². The highest BCUT2D eigenvalue weighted by molar-refractivity contribution is 5.70. The molecule has 0 aliphatic rings. The molecule has 9 nitrogen and oxygen atoms in total. The van der Waals surface area contributed by atoms with Gasteiger partial charge in [0.1, 0.15) is 13.2 Å². The molecule has 0 fully saturated rings. The smallest absolute Gasteiger partial charge is 0.306 e. The van der Waals surface area contributed by atoms with Gasteiger partial charge in [-0.1, -0.05) is 134 Å². The van der Waals surface area contributed by atoms with Crippen LogP contribution in [0.4, 0.5) is 0 Å². The van der Waals surface area contributed by atoms with Gasteiger partial charge in [0.05, 0.1) is 40.3 Å². The van der Waals surface area contributed by atoms with Gasteiger partial charge in [0.15, 0.2) is 12.4 Å². The molecular weight excluding hydrogens is 634 g/mol. The molecule has 50 heavy (non-hydrogen) atoms. The van der Waals surface area contributed by atoms with Crippen molar-refractivity contribution in [2.24, 2.45) is 0 Å². The molecule has 0 rings (SSSR count). The van der Waals surface area contributed by atoms with Crippen molar-refractivity contribution in [2.75, 3.05) is 47.5 Å². The monoisotopic (exact) mass is 710 g/mol. The van der Waals surface area contributed by atoms with Gasteiger partial charge in [0.2, 0.25) is 0 Å². The molecule has 0 aromatic rings. The topological polar surface area (TPSA) is 111 Å². The lowest BCUT2D eigenvalue weighted by atomic mass is 10.1. The third-order valence-electron chi connectivity index (χ3n) is 8.45. The Balaban J connectivity index is 4.54. The van der Waals surface area contributed by atoms with E-state index in [1.807, 2.05) is 21.1 Å². The molecule has 0 radical (unpaired) electrons. The van der Waals surface area contributed by atoms with Crippen LogP contribution in [0.2, 0.25) is 0 Å². The maximum absolute atomic E-state index is 12.7. The number of carboxylic acids is 1. The highest BCUT2D eigenvalue weighted by Crippen LogP contribution is 2.13. The van der Waals surface area contributed by atoms with Crippen molar-refractivity contribution in [1.82, 2.24) is 0 Å². The van der Waals surface area contributed by atoms with Crippen LogP contribution in [0.25, 0.3) is 0 Å². The number of unbranched alkanes of at least 4 members (excludes halogenated alkanes) is 17. The molecule has 0 aromatic carbocycles. The van der Waals surface area contributed by atoms with Crippen molar-refractivity contribution >= 4 is 17.9 Å². The van der Waals surface area contributed by atoms with E-state index in [1.165, 1.54) is 64.2 Å². The van der Waals surface area contributed by atoms with E-state index in [0.29, 0.717) is 23.9 Å². The van der Waals surface area contributed by atoms with Crippen LogP contribution in [-0.2, 0) is 33.3 Å². The van der Waals surface area contributed by atoms with E-state index in [9.17, 15) is 19.5 Å². The van der Waals surface area contributed by atoms with Crippen LogP contribution in [0.3, 0.4) is 0 Å². The number of rotatable bonds is 36. The largest absolute Gasteiger partial charge is 0.545 e. The quantitative estimate of drug-likeness (QED) is 0.0210. The number of carbonyl (C=O) groups is 3. The number of hydrogen-bond donors (Lipinski definition) is 0. The summed E-state index contributed by atoms with van der Waals surface area (Å²) in [5.41, 5.74) is 0. The van der Waals surface area contributed by atoms with Gasteiger partial charge in [-0.15, -0.1) is 0 Å². The molecule has 0 heterocycles. The average molecular weight is 710 g/mol. The van der Waals surface area contributed by atoms with Crippen LogP contribution in [0.15, 0.2) is 24.3 Å². The minimum atomic E-state index is -1.62. The number of carbonyl (C=O) groups excluding carboxylic acids is 3. The number of hydrogen-bond acceptors (Lipinski definition) is 8. The van der Waals surface area contributed by atoms with Gasteiger partial charge in [-0.3, -0.25) is 9.59 Å². The number of esters is 2. The first-order valence-corrected chi connectivity index (χ1v) is 20.0. The minimum Gasteiger partial charge on any atom is -0.545 e. The van der Waals surface area contributed by atoms with Crippen molar-refractivity contribution in [3.8, 4) is 0 Å². The van der Waals surface area contributed by atoms with Gasteiger partial charge < -0.3 is 33.3 Å². The summed E-state index contributed by atoms with van der Waals surface area (Å²) in [5.74, 6) is -2.30. The second-order valence-electron chi connectivity index (χ2n) is 14.6.